The van der Waals surface area contributed by atoms with Crippen molar-refractivity contribution >= 4 is 23.2 Å². The Labute approximate surface area is 211 Å². The number of benzodiazepines with no additional fused rings is 1. The van der Waals surface area contributed by atoms with Gasteiger partial charge in [0.25, 0.3) is 11.8 Å². The molecule has 0 aliphatic carbocycles. The van der Waals surface area contributed by atoms with E-state index in [0.717, 1.165) is 11.1 Å². The summed E-state index contributed by atoms with van der Waals surface area (Å²) in [4.78, 5) is 31.6. The normalized spacial score (nSPS) is 16.4. The second-order valence-corrected chi connectivity index (χ2v) is 8.69. The van der Waals surface area contributed by atoms with Crippen molar-refractivity contribution in [2.45, 2.75) is 19.1 Å². The van der Waals surface area contributed by atoms with Crippen LogP contribution in [0.4, 0.5) is 10.1 Å². The number of hydrogen-bond donors (Lipinski definition) is 2. The number of aromatic nitrogens is 2. The monoisotopic (exact) mass is 495 g/mol. The molecule has 0 saturated heterocycles. The first-order chi connectivity index (χ1) is 18.1. The molecular weight excluding hydrogens is 473 g/mol. The number of fused-ring (bicyclic) bond motifs is 2. The summed E-state index contributed by atoms with van der Waals surface area (Å²) in [6.45, 7) is 0.928. The zero-order chi connectivity index (χ0) is 25.4. The highest BCUT2D eigenvalue weighted by atomic mass is 19.1. The molecule has 0 bridgehead atoms. The molecular formula is C28H22FN5O3. The first kappa shape index (κ1) is 22.7. The third-order valence-corrected chi connectivity index (χ3v) is 6.28. The standard InChI is InChI=1S/C28H22FN5O3/c29-20-13-6-4-11-18(20)24-22(28-34(33-24)15-8-16-37-28)26(35)32-25-27(36)30-21-14-7-5-12-19(21)23(31-25)17-9-2-1-3-10-17/h1-7,9-14,25H,8,15-16H2,(H,30,36)(H,32,35)/t25-/m1/s1. The van der Waals surface area contributed by atoms with E-state index in [0.29, 0.717) is 31.0 Å². The van der Waals surface area contributed by atoms with Crippen LogP contribution in [0.3, 0.4) is 0 Å². The third-order valence-electron chi connectivity index (χ3n) is 6.28. The highest BCUT2D eigenvalue weighted by Crippen LogP contribution is 2.34. The van der Waals surface area contributed by atoms with Gasteiger partial charge in [0, 0.05) is 29.7 Å². The number of nitrogens with one attached hydrogen (secondary N) is 2. The van der Waals surface area contributed by atoms with E-state index in [9.17, 15) is 14.0 Å². The van der Waals surface area contributed by atoms with Crippen LogP contribution in [-0.4, -0.2) is 40.1 Å². The highest BCUT2D eigenvalue weighted by molar-refractivity contribution is 6.20. The SMILES string of the molecule is O=C(N[C@H]1N=C(c2ccccc2)c2ccccc2NC1=O)c1c(-c2ccccc2F)nn2c1OCCC2. The van der Waals surface area contributed by atoms with Crippen molar-refractivity contribution in [2.24, 2.45) is 4.99 Å². The number of carbonyl (C=O) groups is 2. The predicted octanol–water partition coefficient (Wildman–Crippen LogP) is 4.02. The van der Waals surface area contributed by atoms with Gasteiger partial charge in [0.15, 0.2) is 0 Å². The second kappa shape index (κ2) is 9.34. The van der Waals surface area contributed by atoms with Crippen molar-refractivity contribution in [2.75, 3.05) is 11.9 Å². The minimum atomic E-state index is -1.25. The molecule has 0 saturated carbocycles. The molecule has 3 aromatic carbocycles. The number of para-hydroxylation sites is 1. The average molecular weight is 496 g/mol. The van der Waals surface area contributed by atoms with E-state index >= 15 is 0 Å². The van der Waals surface area contributed by atoms with Gasteiger partial charge in [-0.2, -0.15) is 5.10 Å². The van der Waals surface area contributed by atoms with Gasteiger partial charge >= 0.3 is 0 Å². The number of benzene rings is 3. The topological polar surface area (TPSA) is 97.6 Å². The molecule has 2 aliphatic rings. The maximum absolute atomic E-state index is 14.7. The minimum Gasteiger partial charge on any atom is -0.477 e. The molecule has 0 radical (unpaired) electrons. The number of ether oxygens (including phenoxy) is 1. The number of rotatable bonds is 4. The number of hydrogen-bond acceptors (Lipinski definition) is 5. The van der Waals surface area contributed by atoms with E-state index < -0.39 is 23.8 Å². The molecule has 0 unspecified atom stereocenters. The summed E-state index contributed by atoms with van der Waals surface area (Å²) < 4.78 is 22.1. The van der Waals surface area contributed by atoms with Crippen molar-refractivity contribution in [1.29, 1.82) is 0 Å². The average Bonchev–Trinajstić information content (AvgIpc) is 3.25. The number of carbonyl (C=O) groups excluding carboxylic acids is 2. The zero-order valence-corrected chi connectivity index (χ0v) is 19.6. The molecule has 1 atom stereocenters. The van der Waals surface area contributed by atoms with Crippen LogP contribution in [0.25, 0.3) is 11.3 Å². The molecule has 2 aliphatic heterocycles. The van der Waals surface area contributed by atoms with Gasteiger partial charge in [-0.15, -0.1) is 0 Å². The molecule has 3 heterocycles. The molecule has 4 aromatic rings. The fourth-order valence-electron chi connectivity index (χ4n) is 4.55. The van der Waals surface area contributed by atoms with Crippen molar-refractivity contribution in [3.63, 3.8) is 0 Å². The van der Waals surface area contributed by atoms with Crippen LogP contribution in [-0.2, 0) is 11.3 Å². The van der Waals surface area contributed by atoms with Crippen molar-refractivity contribution < 1.29 is 18.7 Å². The van der Waals surface area contributed by atoms with Crippen LogP contribution in [0.15, 0.2) is 83.9 Å². The van der Waals surface area contributed by atoms with Gasteiger partial charge in [0.1, 0.15) is 17.1 Å². The summed E-state index contributed by atoms with van der Waals surface area (Å²) in [6.07, 6.45) is -0.539. The predicted molar refractivity (Wildman–Crippen MR) is 136 cm³/mol. The second-order valence-electron chi connectivity index (χ2n) is 8.69. The van der Waals surface area contributed by atoms with E-state index in [4.69, 9.17) is 4.74 Å². The Balaban J connectivity index is 1.42. The van der Waals surface area contributed by atoms with Crippen LogP contribution in [0.1, 0.15) is 27.9 Å². The highest BCUT2D eigenvalue weighted by Gasteiger charge is 2.33. The molecule has 0 fully saturated rings. The molecule has 1 aromatic heterocycles. The Morgan fingerprint density at radius 2 is 1.73 bits per heavy atom. The Hall–Kier alpha value is -4.79. The van der Waals surface area contributed by atoms with Gasteiger partial charge in [-0.3, -0.25) is 9.59 Å². The first-order valence-electron chi connectivity index (χ1n) is 11.9. The quantitative estimate of drug-likeness (QED) is 0.447. The molecule has 6 rings (SSSR count). The number of halogens is 1. The summed E-state index contributed by atoms with van der Waals surface area (Å²) in [6, 6.07) is 22.9. The molecule has 37 heavy (non-hydrogen) atoms. The molecule has 8 nitrogen and oxygen atoms in total. The lowest BCUT2D eigenvalue weighted by atomic mass is 10.0. The summed E-state index contributed by atoms with van der Waals surface area (Å²) in [5.74, 6) is -1.41. The van der Waals surface area contributed by atoms with Gasteiger partial charge in [-0.25, -0.2) is 14.1 Å². The summed E-state index contributed by atoms with van der Waals surface area (Å²) in [5, 5.41) is 10.1. The lowest BCUT2D eigenvalue weighted by Gasteiger charge is -2.17. The van der Waals surface area contributed by atoms with E-state index in [2.05, 4.69) is 20.7 Å². The first-order valence-corrected chi connectivity index (χ1v) is 11.9. The molecule has 184 valence electrons. The summed E-state index contributed by atoms with van der Waals surface area (Å²) in [7, 11) is 0. The largest absolute Gasteiger partial charge is 0.477 e. The maximum atomic E-state index is 14.7. The van der Waals surface area contributed by atoms with Gasteiger partial charge in [-0.1, -0.05) is 60.7 Å². The number of amides is 2. The molecule has 9 heteroatoms. The van der Waals surface area contributed by atoms with Crippen molar-refractivity contribution in [3.8, 4) is 17.1 Å². The lowest BCUT2D eigenvalue weighted by Crippen LogP contribution is -2.42. The van der Waals surface area contributed by atoms with Gasteiger partial charge < -0.3 is 15.4 Å². The number of aryl methyl sites for hydroxylation is 1. The number of aliphatic imine (C=N–C) groups is 1. The lowest BCUT2D eigenvalue weighted by molar-refractivity contribution is -0.117. The van der Waals surface area contributed by atoms with E-state index in [1.165, 1.54) is 6.07 Å². The van der Waals surface area contributed by atoms with E-state index in [-0.39, 0.29) is 22.7 Å². The Bertz CT molecular complexity index is 1550. The summed E-state index contributed by atoms with van der Waals surface area (Å²) >= 11 is 0. The summed E-state index contributed by atoms with van der Waals surface area (Å²) in [5.41, 5.74) is 3.06. The number of anilines is 1. The van der Waals surface area contributed by atoms with E-state index in [1.807, 2.05) is 48.5 Å². The van der Waals surface area contributed by atoms with Crippen LogP contribution in [0.2, 0.25) is 0 Å². The Kier molecular flexibility index (Phi) is 5.72. The third kappa shape index (κ3) is 4.14. The van der Waals surface area contributed by atoms with Gasteiger partial charge in [0.05, 0.1) is 18.0 Å². The molecule has 2 amide bonds. The van der Waals surface area contributed by atoms with Crippen molar-refractivity contribution in [3.05, 3.63) is 101 Å². The van der Waals surface area contributed by atoms with Crippen LogP contribution >= 0.6 is 0 Å². The van der Waals surface area contributed by atoms with Crippen LogP contribution in [0, 0.1) is 5.82 Å². The van der Waals surface area contributed by atoms with Gasteiger partial charge in [0.2, 0.25) is 12.0 Å². The fourth-order valence-corrected chi connectivity index (χ4v) is 4.55. The Morgan fingerprint density at radius 3 is 2.54 bits per heavy atom. The van der Waals surface area contributed by atoms with Crippen LogP contribution in [0.5, 0.6) is 5.88 Å². The fraction of sp³-hybridized carbons (Fsp3) is 0.143. The van der Waals surface area contributed by atoms with Crippen molar-refractivity contribution in [1.82, 2.24) is 15.1 Å². The maximum Gasteiger partial charge on any atom is 0.269 e. The van der Waals surface area contributed by atoms with Gasteiger partial charge in [-0.05, 0) is 18.2 Å². The molecule has 2 N–H and O–H groups in total. The zero-order valence-electron chi connectivity index (χ0n) is 19.6. The number of nitrogens with zero attached hydrogens (tertiary/aromatic N) is 3. The Morgan fingerprint density at radius 1 is 1.00 bits per heavy atom. The smallest absolute Gasteiger partial charge is 0.269 e. The molecule has 0 spiro atoms. The van der Waals surface area contributed by atoms with Crippen LogP contribution < -0.4 is 15.4 Å². The minimum absolute atomic E-state index is 0.0656. The van der Waals surface area contributed by atoms with E-state index in [1.54, 1.807) is 28.9 Å².